The van der Waals surface area contributed by atoms with Gasteiger partial charge in [0, 0.05) is 12.1 Å². The van der Waals surface area contributed by atoms with Gasteiger partial charge in [0.05, 0.1) is 20.3 Å². The highest BCUT2D eigenvalue weighted by Gasteiger charge is 2.33. The van der Waals surface area contributed by atoms with Crippen molar-refractivity contribution < 1.29 is 23.8 Å². The minimum Gasteiger partial charge on any atom is -0.497 e. The fourth-order valence-electron chi connectivity index (χ4n) is 3.00. The highest BCUT2D eigenvalue weighted by molar-refractivity contribution is 5.89. The van der Waals surface area contributed by atoms with Crippen LogP contribution < -0.4 is 14.8 Å². The zero-order chi connectivity index (χ0) is 19.7. The molecule has 0 radical (unpaired) electrons. The molecule has 0 heterocycles. The molecule has 144 valence electrons. The molecule has 0 aromatic heterocycles. The molecule has 1 aromatic rings. The lowest BCUT2D eigenvalue weighted by Gasteiger charge is -2.31. The summed E-state index contributed by atoms with van der Waals surface area (Å²) in [6.45, 7) is -0.423. The normalized spacial score (nSPS) is 15.6. The number of nitrogens with one attached hydrogen (secondary N) is 1. The Labute approximate surface area is 158 Å². The lowest BCUT2D eigenvalue weighted by atomic mass is 9.83. The van der Waals surface area contributed by atoms with E-state index >= 15 is 0 Å². The largest absolute Gasteiger partial charge is 0.497 e. The molecule has 0 aliphatic heterocycles. The fraction of sp³-hybridized carbons (Fsp3) is 0.450. The SMILES string of the molecule is COc1cc(/C=C/C(=O)OCC(=O)NC2(C#N)CCCCC2)cc(OC)c1. The first kappa shape index (κ1) is 20.3. The number of nitriles is 1. The minimum atomic E-state index is -0.839. The Morgan fingerprint density at radius 1 is 1.15 bits per heavy atom. The first-order chi connectivity index (χ1) is 13.0. The number of carbonyl (C=O) groups is 2. The number of ether oxygens (including phenoxy) is 3. The van der Waals surface area contributed by atoms with Crippen LogP contribution in [0.25, 0.3) is 6.08 Å². The Bertz CT molecular complexity index is 723. The molecule has 0 bridgehead atoms. The van der Waals surface area contributed by atoms with E-state index in [0.29, 0.717) is 29.9 Å². The van der Waals surface area contributed by atoms with Crippen molar-refractivity contribution >= 4 is 18.0 Å². The molecule has 7 nitrogen and oxygen atoms in total. The third-order valence-electron chi connectivity index (χ3n) is 4.43. The number of esters is 1. The molecule has 0 spiro atoms. The summed E-state index contributed by atoms with van der Waals surface area (Å²) in [4.78, 5) is 23.9. The van der Waals surface area contributed by atoms with E-state index in [2.05, 4.69) is 11.4 Å². The smallest absolute Gasteiger partial charge is 0.331 e. The molecule has 0 unspecified atom stereocenters. The monoisotopic (exact) mass is 372 g/mol. The first-order valence-corrected chi connectivity index (χ1v) is 8.80. The second-order valence-electron chi connectivity index (χ2n) is 6.39. The van der Waals surface area contributed by atoms with E-state index in [0.717, 1.165) is 19.3 Å². The van der Waals surface area contributed by atoms with Crippen LogP contribution in [0.1, 0.15) is 37.7 Å². The maximum Gasteiger partial charge on any atom is 0.331 e. The third kappa shape index (κ3) is 6.03. The molecular weight excluding hydrogens is 348 g/mol. The highest BCUT2D eigenvalue weighted by Crippen LogP contribution is 2.27. The summed E-state index contributed by atoms with van der Waals surface area (Å²) in [6.07, 6.45) is 6.89. The lowest BCUT2D eigenvalue weighted by molar-refractivity contribution is -0.144. The van der Waals surface area contributed by atoms with Crippen molar-refractivity contribution in [2.75, 3.05) is 20.8 Å². The number of hydrogen-bond donors (Lipinski definition) is 1. The van der Waals surface area contributed by atoms with E-state index in [1.807, 2.05) is 0 Å². The van der Waals surface area contributed by atoms with Gasteiger partial charge in [-0.15, -0.1) is 0 Å². The summed E-state index contributed by atoms with van der Waals surface area (Å²) in [6, 6.07) is 7.38. The van der Waals surface area contributed by atoms with Crippen molar-refractivity contribution in [3.05, 3.63) is 29.8 Å². The van der Waals surface area contributed by atoms with E-state index < -0.39 is 24.0 Å². The molecule has 0 atom stereocenters. The summed E-state index contributed by atoms with van der Waals surface area (Å²) in [7, 11) is 3.07. The average Bonchev–Trinajstić information content (AvgIpc) is 2.71. The topological polar surface area (TPSA) is 97.6 Å². The number of amides is 1. The van der Waals surface area contributed by atoms with Crippen molar-refractivity contribution in [2.45, 2.75) is 37.6 Å². The maximum atomic E-state index is 12.0. The van der Waals surface area contributed by atoms with Crippen LogP contribution in [0.2, 0.25) is 0 Å². The summed E-state index contributed by atoms with van der Waals surface area (Å²) < 4.78 is 15.3. The van der Waals surface area contributed by atoms with E-state index in [4.69, 9.17) is 14.2 Å². The molecule has 1 aromatic carbocycles. The number of hydrogen-bond acceptors (Lipinski definition) is 6. The zero-order valence-corrected chi connectivity index (χ0v) is 15.6. The Morgan fingerprint density at radius 3 is 2.33 bits per heavy atom. The van der Waals surface area contributed by atoms with E-state index in [1.54, 1.807) is 24.3 Å². The quantitative estimate of drug-likeness (QED) is 0.584. The third-order valence-corrected chi connectivity index (χ3v) is 4.43. The van der Waals surface area contributed by atoms with Crippen molar-refractivity contribution in [1.82, 2.24) is 5.32 Å². The molecule has 1 N–H and O–H groups in total. The van der Waals surface area contributed by atoms with E-state index in [9.17, 15) is 14.9 Å². The first-order valence-electron chi connectivity index (χ1n) is 8.80. The van der Waals surface area contributed by atoms with Gasteiger partial charge < -0.3 is 19.5 Å². The Morgan fingerprint density at radius 2 is 1.78 bits per heavy atom. The van der Waals surface area contributed by atoms with Crippen LogP contribution in [-0.2, 0) is 14.3 Å². The van der Waals surface area contributed by atoms with Gasteiger partial charge in [-0.1, -0.05) is 19.3 Å². The second kappa shape index (κ2) is 9.62. The number of carbonyl (C=O) groups excluding carboxylic acids is 2. The van der Waals surface area contributed by atoms with Crippen LogP contribution in [0.5, 0.6) is 11.5 Å². The number of nitrogens with zero attached hydrogens (tertiary/aromatic N) is 1. The molecule has 7 heteroatoms. The number of methoxy groups -OCH3 is 2. The van der Waals surface area contributed by atoms with Crippen molar-refractivity contribution in [3.63, 3.8) is 0 Å². The molecule has 27 heavy (non-hydrogen) atoms. The summed E-state index contributed by atoms with van der Waals surface area (Å²) in [5, 5.41) is 12.1. The van der Waals surface area contributed by atoms with Crippen LogP contribution in [0.3, 0.4) is 0 Å². The van der Waals surface area contributed by atoms with Gasteiger partial charge in [0.25, 0.3) is 5.91 Å². The van der Waals surface area contributed by atoms with E-state index in [-0.39, 0.29) is 0 Å². The van der Waals surface area contributed by atoms with Crippen molar-refractivity contribution in [3.8, 4) is 17.6 Å². The summed E-state index contributed by atoms with van der Waals surface area (Å²) >= 11 is 0. The van der Waals surface area contributed by atoms with Crippen LogP contribution in [0, 0.1) is 11.3 Å². The maximum absolute atomic E-state index is 12.0. The van der Waals surface area contributed by atoms with Crippen LogP contribution in [0.15, 0.2) is 24.3 Å². The molecule has 0 saturated heterocycles. The minimum absolute atomic E-state index is 0.423. The summed E-state index contributed by atoms with van der Waals surface area (Å²) in [5.74, 6) is 0.0666. The fourth-order valence-corrected chi connectivity index (χ4v) is 3.00. The van der Waals surface area contributed by atoms with Gasteiger partial charge in [0.1, 0.15) is 17.0 Å². The lowest BCUT2D eigenvalue weighted by Crippen LogP contribution is -2.49. The molecule has 1 fully saturated rings. The van der Waals surface area contributed by atoms with Crippen molar-refractivity contribution in [1.29, 1.82) is 5.26 Å². The van der Waals surface area contributed by atoms with Crippen LogP contribution in [0.4, 0.5) is 0 Å². The molecule has 1 aliphatic rings. The van der Waals surface area contributed by atoms with Crippen LogP contribution in [-0.4, -0.2) is 38.2 Å². The molecule has 1 aliphatic carbocycles. The molecule has 1 saturated carbocycles. The van der Waals surface area contributed by atoms with E-state index in [1.165, 1.54) is 20.3 Å². The average molecular weight is 372 g/mol. The highest BCUT2D eigenvalue weighted by atomic mass is 16.5. The van der Waals surface area contributed by atoms with Crippen LogP contribution >= 0.6 is 0 Å². The molecule has 2 rings (SSSR count). The second-order valence-corrected chi connectivity index (χ2v) is 6.39. The summed E-state index contributed by atoms with van der Waals surface area (Å²) in [5.41, 5.74) is -0.146. The predicted molar refractivity (Wildman–Crippen MR) is 99.1 cm³/mol. The Balaban J connectivity index is 1.87. The molecular formula is C20H24N2O5. The van der Waals surface area contributed by atoms with Gasteiger partial charge in [0.15, 0.2) is 6.61 Å². The van der Waals surface area contributed by atoms with Gasteiger partial charge in [-0.25, -0.2) is 4.79 Å². The standard InChI is InChI=1S/C20H24N2O5/c1-25-16-10-15(11-17(12-16)26-2)6-7-19(24)27-13-18(23)22-20(14-21)8-4-3-5-9-20/h6-7,10-12H,3-5,8-9,13H2,1-2H3,(H,22,23)/b7-6+. The zero-order valence-electron chi connectivity index (χ0n) is 15.6. The number of benzene rings is 1. The predicted octanol–water partition coefficient (Wildman–Crippen LogP) is 2.60. The van der Waals surface area contributed by atoms with Gasteiger partial charge >= 0.3 is 5.97 Å². The Kier molecular flexibility index (Phi) is 7.24. The number of rotatable bonds is 7. The van der Waals surface area contributed by atoms with Gasteiger partial charge in [-0.3, -0.25) is 4.79 Å². The van der Waals surface area contributed by atoms with Gasteiger partial charge in [-0.2, -0.15) is 5.26 Å². The van der Waals surface area contributed by atoms with Crippen molar-refractivity contribution in [2.24, 2.45) is 0 Å². The van der Waals surface area contributed by atoms with Gasteiger partial charge in [-0.05, 0) is 36.6 Å². The molecule has 1 amide bonds. The Hall–Kier alpha value is -3.01. The van der Waals surface area contributed by atoms with Gasteiger partial charge in [0.2, 0.25) is 0 Å².